The molecule has 0 unspecified atom stereocenters. The molecule has 0 rings (SSSR count). The van der Waals surface area contributed by atoms with Crippen LogP contribution >= 0.6 is 7.92 Å². The Kier molecular flexibility index (Phi) is 538. The van der Waals surface area contributed by atoms with Crippen LogP contribution in [0.3, 0.4) is 0 Å². The summed E-state index contributed by atoms with van der Waals surface area (Å²) in [5, 5.41) is 0. The van der Waals surface area contributed by atoms with E-state index in [4.69, 9.17) is 19.2 Å². The van der Waals surface area contributed by atoms with Crippen LogP contribution in [0.2, 0.25) is 0 Å². The zero-order valence-electron chi connectivity index (χ0n) is 7.80. The minimum atomic E-state index is 0. The topological polar surface area (TPSA) is 68.3 Å². The van der Waals surface area contributed by atoms with Crippen LogP contribution in [0.15, 0.2) is 0 Å². The second-order valence-electron chi connectivity index (χ2n) is 1.50. The van der Waals surface area contributed by atoms with Crippen molar-refractivity contribution >= 4 is 35.1 Å². The summed E-state index contributed by atoms with van der Waals surface area (Å²) in [4.78, 5) is 31.0. The standard InChI is InChI=1S/C3H9P.4CHO.Ru/c1-4(2)3;4*1-2;/h1-3H3;4*1H;/q;4*-1;+4/p+1. The van der Waals surface area contributed by atoms with Gasteiger partial charge in [0.15, 0.2) is 0 Å². The Bertz CT molecular complexity index is 47.0. The first-order valence-corrected chi connectivity index (χ1v) is 5.44. The second-order valence-corrected chi connectivity index (χ2v) is 4.50. The molecule has 0 bridgehead atoms. The van der Waals surface area contributed by atoms with E-state index in [0.29, 0.717) is 0 Å². The fourth-order valence-electron chi connectivity index (χ4n) is 0. The predicted molar refractivity (Wildman–Crippen MR) is 53.1 cm³/mol. The Labute approximate surface area is 94.0 Å². The van der Waals surface area contributed by atoms with Crippen LogP contribution in [-0.4, -0.2) is 47.2 Å². The molecule has 0 aliphatic rings. The summed E-state index contributed by atoms with van der Waals surface area (Å²) in [6.45, 7) is 19.8. The van der Waals surface area contributed by atoms with Gasteiger partial charge in [-0.3, -0.25) is 27.2 Å². The van der Waals surface area contributed by atoms with Gasteiger partial charge in [-0.2, -0.15) is 0 Å². The minimum absolute atomic E-state index is 0. The Hall–Kier alpha value is -0.267. The number of rotatable bonds is 0. The van der Waals surface area contributed by atoms with E-state index in [1.807, 2.05) is 0 Å². The zero-order chi connectivity index (χ0) is 11.6. The Balaban J connectivity index is -0.0000000122. The SMILES string of the molecule is C[PH+](C)C.[CH-]=O.[CH-]=O.[CH-]=O.[CH-]=O.[Ru+4]. The van der Waals surface area contributed by atoms with E-state index in [2.05, 4.69) is 47.2 Å². The molecule has 0 amide bonds. The summed E-state index contributed by atoms with van der Waals surface area (Å²) >= 11 is 0. The van der Waals surface area contributed by atoms with Gasteiger partial charge in [0.25, 0.3) is 0 Å². The van der Waals surface area contributed by atoms with Crippen LogP contribution in [0.5, 0.6) is 0 Å². The smallest absolute Gasteiger partial charge is 0.545 e. The Morgan fingerprint density at radius 1 is 0.615 bits per heavy atom. The van der Waals surface area contributed by atoms with Crippen molar-refractivity contribution in [1.29, 1.82) is 0 Å². The van der Waals surface area contributed by atoms with Gasteiger partial charge in [-0.05, 0) is 7.92 Å². The molecule has 0 aromatic carbocycles. The van der Waals surface area contributed by atoms with Gasteiger partial charge in [0, 0.05) is 20.0 Å². The number of hydrogen-bond donors (Lipinski definition) is 0. The fourth-order valence-corrected chi connectivity index (χ4v) is 0. The first-order chi connectivity index (χ1) is 5.73. The minimum Gasteiger partial charge on any atom is -0.545 e. The molecule has 0 aliphatic heterocycles. The summed E-state index contributed by atoms with van der Waals surface area (Å²) in [7, 11) is 0.120. The van der Waals surface area contributed by atoms with E-state index in [-0.39, 0.29) is 27.4 Å². The first-order valence-electron chi connectivity index (χ1n) is 2.44. The molecule has 4 nitrogen and oxygen atoms in total. The Morgan fingerprint density at radius 3 is 0.615 bits per heavy atom. The van der Waals surface area contributed by atoms with E-state index < -0.39 is 0 Å². The third kappa shape index (κ3) is 15600. The van der Waals surface area contributed by atoms with Gasteiger partial charge in [-0.1, -0.05) is 0 Å². The predicted octanol–water partition coefficient (Wildman–Crippen LogP) is -0.00890. The van der Waals surface area contributed by atoms with Gasteiger partial charge in [0.1, 0.15) is 0 Å². The quantitative estimate of drug-likeness (QED) is 0.273. The molecule has 0 aromatic rings. The second kappa shape index (κ2) is 181. The molecule has 0 N–H and O–H groups in total. The van der Waals surface area contributed by atoms with Crippen molar-refractivity contribution in [1.82, 2.24) is 0 Å². The molecule has 0 radical (unpaired) electrons. The number of hydrogen-bond acceptors (Lipinski definition) is 4. The van der Waals surface area contributed by atoms with Crippen LogP contribution in [0.1, 0.15) is 0 Å². The van der Waals surface area contributed by atoms with Crippen molar-refractivity contribution < 1.29 is 38.7 Å². The van der Waals surface area contributed by atoms with Crippen molar-refractivity contribution in [3.05, 3.63) is 0 Å². The average Bonchev–Trinajstić information content (AvgIpc) is 2.16. The van der Waals surface area contributed by atoms with E-state index in [1.165, 1.54) is 0 Å². The fraction of sp³-hybridized carbons (Fsp3) is 0.429. The molecule has 0 atom stereocenters. The van der Waals surface area contributed by atoms with E-state index >= 15 is 0 Å². The molecule has 0 aromatic heterocycles. The molecule has 0 aliphatic carbocycles. The van der Waals surface area contributed by atoms with Gasteiger partial charge in [0.05, 0.1) is 0 Å². The van der Waals surface area contributed by atoms with Crippen molar-refractivity contribution in [2.24, 2.45) is 0 Å². The Morgan fingerprint density at radius 2 is 0.615 bits per heavy atom. The maximum Gasteiger partial charge on any atom is 4.00 e. The van der Waals surface area contributed by atoms with Crippen LogP contribution in [0, 0.1) is 0 Å². The van der Waals surface area contributed by atoms with Crippen molar-refractivity contribution in [3.8, 4) is 0 Å². The molecule has 0 saturated heterocycles. The maximum atomic E-state index is 7.75. The molecule has 0 heterocycles. The molecular formula is C7H14O4PRu+. The van der Waals surface area contributed by atoms with Crippen molar-refractivity contribution in [3.63, 3.8) is 0 Å². The molecule has 78 valence electrons. The normalized spacial score (nSPS) is 4.00. The molecule has 0 fully saturated rings. The molecule has 0 spiro atoms. The van der Waals surface area contributed by atoms with Gasteiger partial charge in [-0.25, -0.2) is 0 Å². The largest absolute Gasteiger partial charge is 4.00 e. The molecule has 6 heteroatoms. The van der Waals surface area contributed by atoms with Crippen LogP contribution < -0.4 is 0 Å². The van der Waals surface area contributed by atoms with Gasteiger partial charge < -0.3 is 19.2 Å². The summed E-state index contributed by atoms with van der Waals surface area (Å²) in [6, 6.07) is 0. The summed E-state index contributed by atoms with van der Waals surface area (Å²) in [6.07, 6.45) is 0. The zero-order valence-corrected chi connectivity index (χ0v) is 10.5. The van der Waals surface area contributed by atoms with Crippen molar-refractivity contribution in [2.75, 3.05) is 20.0 Å². The van der Waals surface area contributed by atoms with E-state index in [9.17, 15) is 0 Å². The molecule has 0 saturated carbocycles. The first kappa shape index (κ1) is 38.7. The van der Waals surface area contributed by atoms with Crippen LogP contribution in [-0.2, 0) is 38.7 Å². The van der Waals surface area contributed by atoms with Gasteiger partial charge in [0.2, 0.25) is 0 Å². The molecular weight excluding hydrogens is 280 g/mol. The summed E-state index contributed by atoms with van der Waals surface area (Å²) in [5.74, 6) is 0. The maximum absolute atomic E-state index is 7.75. The molecule has 13 heavy (non-hydrogen) atoms. The van der Waals surface area contributed by atoms with Gasteiger partial charge >= 0.3 is 19.5 Å². The summed E-state index contributed by atoms with van der Waals surface area (Å²) in [5.41, 5.74) is 0. The number of carbonyl (C=O) groups excluding carboxylic acids is 4. The van der Waals surface area contributed by atoms with E-state index in [1.54, 1.807) is 0 Å². The summed E-state index contributed by atoms with van der Waals surface area (Å²) < 4.78 is 0. The monoisotopic (exact) mass is 295 g/mol. The van der Waals surface area contributed by atoms with Crippen LogP contribution in [0.4, 0.5) is 0 Å². The van der Waals surface area contributed by atoms with Crippen molar-refractivity contribution in [2.45, 2.75) is 0 Å². The third-order valence-corrected chi connectivity index (χ3v) is 0. The third-order valence-electron chi connectivity index (χ3n) is 0. The van der Waals surface area contributed by atoms with Gasteiger partial charge in [-0.15, -0.1) is 0 Å². The van der Waals surface area contributed by atoms with E-state index in [0.717, 1.165) is 0 Å². The van der Waals surface area contributed by atoms with Crippen LogP contribution in [0.25, 0.3) is 0 Å². The average molecular weight is 294 g/mol.